The summed E-state index contributed by atoms with van der Waals surface area (Å²) in [6.07, 6.45) is 0. The van der Waals surface area contributed by atoms with E-state index in [2.05, 4.69) is 13.8 Å². The smallest absolute Gasteiger partial charge is 0.300 e. The highest BCUT2D eigenvalue weighted by atomic mass is 35.5. The van der Waals surface area contributed by atoms with Crippen molar-refractivity contribution >= 4 is 34.7 Å². The first-order valence-corrected chi connectivity index (χ1v) is 12.8. The Bertz CT molecular complexity index is 1450. The van der Waals surface area contributed by atoms with Crippen LogP contribution in [-0.2, 0) is 9.59 Å². The first-order chi connectivity index (χ1) is 18.6. The van der Waals surface area contributed by atoms with Crippen LogP contribution in [0.1, 0.15) is 49.4 Å². The fourth-order valence-corrected chi connectivity index (χ4v) is 4.84. The molecule has 1 unspecified atom stereocenters. The molecule has 1 aliphatic rings. The maximum Gasteiger partial charge on any atom is 0.300 e. The Balaban J connectivity index is 1.98. The molecule has 0 aliphatic carbocycles. The number of methoxy groups -OCH3 is 2. The quantitative estimate of drug-likeness (QED) is 0.195. The van der Waals surface area contributed by atoms with Crippen molar-refractivity contribution in [3.63, 3.8) is 0 Å². The van der Waals surface area contributed by atoms with Crippen LogP contribution in [-0.4, -0.2) is 42.7 Å². The van der Waals surface area contributed by atoms with Gasteiger partial charge >= 0.3 is 0 Å². The third-order valence-electron chi connectivity index (χ3n) is 6.61. The zero-order chi connectivity index (χ0) is 28.4. The van der Waals surface area contributed by atoms with Crippen LogP contribution in [0.5, 0.6) is 23.0 Å². The van der Waals surface area contributed by atoms with E-state index in [0.29, 0.717) is 17.0 Å². The average Bonchev–Trinajstić information content (AvgIpc) is 3.19. The normalized spacial score (nSPS) is 16.6. The minimum Gasteiger partial charge on any atom is -0.507 e. The lowest BCUT2D eigenvalue weighted by Gasteiger charge is -2.26. The first-order valence-electron chi connectivity index (χ1n) is 12.4. The predicted molar refractivity (Wildman–Crippen MR) is 149 cm³/mol. The zero-order valence-electron chi connectivity index (χ0n) is 22.3. The molecular formula is C30H30ClNO7. The van der Waals surface area contributed by atoms with Gasteiger partial charge in [-0.1, -0.05) is 43.6 Å². The molecule has 2 N–H and O–H groups in total. The molecular weight excluding hydrogens is 522 g/mol. The maximum atomic E-state index is 13.6. The van der Waals surface area contributed by atoms with Crippen molar-refractivity contribution in [1.29, 1.82) is 0 Å². The molecule has 0 bridgehead atoms. The largest absolute Gasteiger partial charge is 0.507 e. The summed E-state index contributed by atoms with van der Waals surface area (Å²) in [5, 5.41) is 22.1. The van der Waals surface area contributed by atoms with Crippen LogP contribution in [0, 0.1) is 0 Å². The van der Waals surface area contributed by atoms with Crippen molar-refractivity contribution in [3.8, 4) is 23.0 Å². The minimum atomic E-state index is -1.04. The Morgan fingerprint density at radius 1 is 0.974 bits per heavy atom. The summed E-state index contributed by atoms with van der Waals surface area (Å²) in [7, 11) is 2.84. The Hall–Kier alpha value is -4.17. The third-order valence-corrected chi connectivity index (χ3v) is 6.91. The van der Waals surface area contributed by atoms with Crippen LogP contribution in [0.2, 0.25) is 5.02 Å². The molecule has 1 fully saturated rings. The summed E-state index contributed by atoms with van der Waals surface area (Å²) >= 11 is 6.34. The molecule has 1 heterocycles. The second kappa shape index (κ2) is 11.3. The molecule has 1 atom stereocenters. The number of aliphatic hydroxyl groups excluding tert-OH is 1. The fourth-order valence-electron chi connectivity index (χ4n) is 4.60. The van der Waals surface area contributed by atoms with Gasteiger partial charge in [0.15, 0.2) is 11.5 Å². The number of carbonyl (C=O) groups excluding carboxylic acids is 2. The number of ketones is 1. The number of halogens is 1. The number of nitrogens with zero attached hydrogens (tertiary/aromatic N) is 1. The average molecular weight is 552 g/mol. The number of aromatic hydroxyl groups is 1. The van der Waals surface area contributed by atoms with E-state index in [0.717, 1.165) is 5.56 Å². The molecule has 1 saturated heterocycles. The topological polar surface area (TPSA) is 106 Å². The molecule has 8 nitrogen and oxygen atoms in total. The number of hydrogen-bond donors (Lipinski definition) is 2. The number of anilines is 1. The standard InChI is InChI=1S/C30H30ClNO7/c1-6-39-25-13-18(9-12-22(25)33)27-26(28(34)20-14-21(31)24(38-5)15-23(20)37-4)29(35)30(36)32(27)19-10-7-17(8-11-19)16(2)3/h7-16,27,33-34H,6H2,1-5H3/b28-26+. The summed E-state index contributed by atoms with van der Waals surface area (Å²) < 4.78 is 16.3. The lowest BCUT2D eigenvalue weighted by Crippen LogP contribution is -2.29. The summed E-state index contributed by atoms with van der Waals surface area (Å²) in [6, 6.07) is 13.7. The molecule has 204 valence electrons. The van der Waals surface area contributed by atoms with Gasteiger partial charge < -0.3 is 24.4 Å². The molecule has 0 spiro atoms. The number of phenols is 1. The van der Waals surface area contributed by atoms with Gasteiger partial charge in [0.1, 0.15) is 17.3 Å². The van der Waals surface area contributed by atoms with Crippen LogP contribution in [0.15, 0.2) is 60.2 Å². The minimum absolute atomic E-state index is 0.0950. The number of carbonyl (C=O) groups is 2. The third kappa shape index (κ3) is 5.12. The number of rotatable bonds is 8. The number of phenolic OH excluding ortho intramolecular Hbond substituents is 1. The molecule has 0 radical (unpaired) electrons. The van der Waals surface area contributed by atoms with E-state index in [4.69, 9.17) is 25.8 Å². The lowest BCUT2D eigenvalue weighted by atomic mass is 9.94. The summed E-state index contributed by atoms with van der Waals surface area (Å²) in [4.78, 5) is 28.4. The maximum absolute atomic E-state index is 13.6. The van der Waals surface area contributed by atoms with Crippen molar-refractivity contribution in [3.05, 3.63) is 81.9 Å². The van der Waals surface area contributed by atoms with Gasteiger partial charge in [0.25, 0.3) is 11.7 Å². The van der Waals surface area contributed by atoms with Crippen molar-refractivity contribution in [2.75, 3.05) is 25.7 Å². The molecule has 0 saturated carbocycles. The highest BCUT2D eigenvalue weighted by molar-refractivity contribution is 6.51. The van der Waals surface area contributed by atoms with Gasteiger partial charge in [-0.2, -0.15) is 0 Å². The van der Waals surface area contributed by atoms with Crippen molar-refractivity contribution in [2.45, 2.75) is 32.7 Å². The molecule has 1 amide bonds. The van der Waals surface area contributed by atoms with E-state index in [-0.39, 0.29) is 45.9 Å². The van der Waals surface area contributed by atoms with Gasteiger partial charge in [0, 0.05) is 11.8 Å². The molecule has 39 heavy (non-hydrogen) atoms. The molecule has 1 aliphatic heterocycles. The van der Waals surface area contributed by atoms with Crippen molar-refractivity contribution in [1.82, 2.24) is 0 Å². The van der Waals surface area contributed by atoms with Crippen molar-refractivity contribution < 1.29 is 34.0 Å². The van der Waals surface area contributed by atoms with E-state index in [1.807, 2.05) is 12.1 Å². The van der Waals surface area contributed by atoms with Gasteiger partial charge in [0.05, 0.1) is 43.0 Å². The van der Waals surface area contributed by atoms with Crippen LogP contribution in [0.3, 0.4) is 0 Å². The second-order valence-electron chi connectivity index (χ2n) is 9.26. The number of aliphatic hydroxyl groups is 1. The van der Waals surface area contributed by atoms with Gasteiger partial charge in [-0.3, -0.25) is 14.5 Å². The summed E-state index contributed by atoms with van der Waals surface area (Å²) in [6.45, 7) is 6.17. The van der Waals surface area contributed by atoms with Crippen molar-refractivity contribution in [2.24, 2.45) is 0 Å². The molecule has 0 aromatic heterocycles. The number of hydrogen-bond acceptors (Lipinski definition) is 7. The van der Waals surface area contributed by atoms with Gasteiger partial charge in [0.2, 0.25) is 0 Å². The Morgan fingerprint density at radius 3 is 2.23 bits per heavy atom. The second-order valence-corrected chi connectivity index (χ2v) is 9.67. The van der Waals surface area contributed by atoms with Crippen LogP contribution in [0.4, 0.5) is 5.69 Å². The van der Waals surface area contributed by atoms with E-state index in [9.17, 15) is 19.8 Å². The van der Waals surface area contributed by atoms with E-state index in [1.54, 1.807) is 31.2 Å². The van der Waals surface area contributed by atoms with E-state index in [1.165, 1.54) is 37.3 Å². The number of ether oxygens (including phenoxy) is 3. The summed E-state index contributed by atoms with van der Waals surface area (Å²) in [5.41, 5.74) is 1.93. The number of amides is 1. The zero-order valence-corrected chi connectivity index (χ0v) is 23.1. The molecule has 4 rings (SSSR count). The van der Waals surface area contributed by atoms with Gasteiger partial charge in [-0.05, 0) is 54.3 Å². The molecule has 3 aromatic carbocycles. The monoisotopic (exact) mass is 551 g/mol. The number of Topliss-reactive ketones (excluding diaryl/α,β-unsaturated/α-hetero) is 1. The van der Waals surface area contributed by atoms with Crippen LogP contribution >= 0.6 is 11.6 Å². The Kier molecular flexibility index (Phi) is 8.06. The highest BCUT2D eigenvalue weighted by Crippen LogP contribution is 2.46. The summed E-state index contributed by atoms with van der Waals surface area (Å²) in [5.74, 6) is -1.31. The molecule has 9 heteroatoms. The van der Waals surface area contributed by atoms with E-state index >= 15 is 0 Å². The van der Waals surface area contributed by atoms with Gasteiger partial charge in [-0.15, -0.1) is 0 Å². The Morgan fingerprint density at radius 2 is 1.64 bits per heavy atom. The Labute approximate surface area is 232 Å². The first kappa shape index (κ1) is 27.9. The predicted octanol–water partition coefficient (Wildman–Crippen LogP) is 6.21. The number of benzene rings is 3. The lowest BCUT2D eigenvalue weighted by molar-refractivity contribution is -0.132. The SMILES string of the molecule is CCOc1cc(C2/C(=C(\O)c3cc(Cl)c(OC)cc3OC)C(=O)C(=O)N2c2ccc(C(C)C)cc2)ccc1O. The molecule has 3 aromatic rings. The van der Waals surface area contributed by atoms with Crippen LogP contribution < -0.4 is 19.1 Å². The fraction of sp³-hybridized carbons (Fsp3) is 0.267. The van der Waals surface area contributed by atoms with E-state index < -0.39 is 23.5 Å². The van der Waals surface area contributed by atoms with Gasteiger partial charge in [-0.25, -0.2) is 0 Å². The highest BCUT2D eigenvalue weighted by Gasteiger charge is 2.47. The van der Waals surface area contributed by atoms with Crippen LogP contribution in [0.25, 0.3) is 5.76 Å².